The van der Waals surface area contributed by atoms with Crippen molar-refractivity contribution in [3.63, 3.8) is 0 Å². The molecule has 0 radical (unpaired) electrons. The molecule has 0 fully saturated rings. The Morgan fingerprint density at radius 1 is 1.04 bits per heavy atom. The van der Waals surface area contributed by atoms with Crippen LogP contribution in [0, 0.1) is 0 Å². The van der Waals surface area contributed by atoms with Crippen LogP contribution in [0.1, 0.15) is 4.88 Å². The van der Waals surface area contributed by atoms with Gasteiger partial charge in [-0.1, -0.05) is 54.6 Å². The van der Waals surface area contributed by atoms with Crippen LogP contribution in [-0.4, -0.2) is 18.7 Å². The van der Waals surface area contributed by atoms with E-state index in [1.165, 1.54) is 0 Å². The largest absolute Gasteiger partial charge is 0.483 e. The topological polar surface area (TPSA) is 50.7 Å². The van der Waals surface area contributed by atoms with Crippen LogP contribution in [0.25, 0.3) is 11.1 Å². The predicted octanol–water partition coefficient (Wildman–Crippen LogP) is 3.94. The number of amides is 1. The van der Waals surface area contributed by atoms with Gasteiger partial charge in [0.15, 0.2) is 6.61 Å². The highest BCUT2D eigenvalue weighted by molar-refractivity contribution is 7.11. The molecule has 1 amide bonds. The summed E-state index contributed by atoms with van der Waals surface area (Å²) in [6, 6.07) is 21.4. The molecule has 0 aliphatic heterocycles. The van der Waals surface area contributed by atoms with E-state index in [1.807, 2.05) is 72.1 Å². The molecule has 0 bridgehead atoms. The summed E-state index contributed by atoms with van der Waals surface area (Å²) in [4.78, 5) is 12.8. The highest BCUT2D eigenvalue weighted by Gasteiger charge is 2.07. The van der Waals surface area contributed by atoms with Crippen LogP contribution in [0.5, 0.6) is 5.75 Å². The summed E-state index contributed by atoms with van der Waals surface area (Å²) in [5.74, 6) is 0.367. The number of thiophene rings is 1. The van der Waals surface area contributed by atoms with Gasteiger partial charge in [-0.3, -0.25) is 4.79 Å². The van der Waals surface area contributed by atoms with Crippen molar-refractivity contribution in [1.29, 1.82) is 0 Å². The fraction of sp³-hybridized carbons (Fsp3) is 0.0526. The third-order valence-corrected chi connectivity index (χ3v) is 4.06. The Labute approximate surface area is 144 Å². The van der Waals surface area contributed by atoms with E-state index in [1.54, 1.807) is 17.6 Å². The molecule has 0 unspecified atom stereocenters. The quantitative estimate of drug-likeness (QED) is 0.547. The normalized spacial score (nSPS) is 10.7. The van der Waals surface area contributed by atoms with Crippen LogP contribution in [-0.2, 0) is 4.79 Å². The van der Waals surface area contributed by atoms with Crippen molar-refractivity contribution in [2.75, 3.05) is 6.61 Å². The third-order valence-electron chi connectivity index (χ3n) is 3.25. The molecule has 1 N–H and O–H groups in total. The Hall–Kier alpha value is -2.92. The predicted molar refractivity (Wildman–Crippen MR) is 97.4 cm³/mol. The summed E-state index contributed by atoms with van der Waals surface area (Å²) in [5, 5.41) is 5.86. The fourth-order valence-electron chi connectivity index (χ4n) is 2.16. The summed E-state index contributed by atoms with van der Waals surface area (Å²) in [6.45, 7) is -0.0916. The van der Waals surface area contributed by atoms with E-state index in [9.17, 15) is 4.79 Å². The molecule has 0 saturated carbocycles. The van der Waals surface area contributed by atoms with E-state index in [0.717, 1.165) is 16.0 Å². The van der Waals surface area contributed by atoms with E-state index >= 15 is 0 Å². The van der Waals surface area contributed by atoms with E-state index in [-0.39, 0.29) is 12.5 Å². The zero-order valence-electron chi connectivity index (χ0n) is 12.9. The Balaban J connectivity index is 1.60. The van der Waals surface area contributed by atoms with Crippen molar-refractivity contribution >= 4 is 23.5 Å². The van der Waals surface area contributed by atoms with Crippen LogP contribution < -0.4 is 10.2 Å². The molecule has 3 rings (SSSR count). The lowest BCUT2D eigenvalue weighted by atomic mass is 10.1. The van der Waals surface area contributed by atoms with E-state index in [2.05, 4.69) is 10.5 Å². The van der Waals surface area contributed by atoms with Crippen LogP contribution in [0.15, 0.2) is 77.2 Å². The maximum absolute atomic E-state index is 11.8. The summed E-state index contributed by atoms with van der Waals surface area (Å²) < 4.78 is 5.66. The Kier molecular flexibility index (Phi) is 5.37. The van der Waals surface area contributed by atoms with Gasteiger partial charge in [0.25, 0.3) is 5.91 Å². The number of carbonyl (C=O) groups excluding carboxylic acids is 1. The van der Waals surface area contributed by atoms with E-state index in [0.29, 0.717) is 5.75 Å². The lowest BCUT2D eigenvalue weighted by Gasteiger charge is -2.10. The van der Waals surface area contributed by atoms with Gasteiger partial charge in [0.1, 0.15) is 5.75 Å². The Morgan fingerprint density at radius 3 is 2.62 bits per heavy atom. The second-order valence-corrected chi connectivity index (χ2v) is 5.94. The first-order valence-corrected chi connectivity index (χ1v) is 8.33. The number of hydrogen-bond donors (Lipinski definition) is 1. The van der Waals surface area contributed by atoms with Gasteiger partial charge in [-0.15, -0.1) is 11.3 Å². The number of benzene rings is 2. The van der Waals surface area contributed by atoms with Crippen molar-refractivity contribution in [2.45, 2.75) is 0 Å². The average molecular weight is 336 g/mol. The molecule has 24 heavy (non-hydrogen) atoms. The van der Waals surface area contributed by atoms with Crippen LogP contribution in [0.2, 0.25) is 0 Å². The highest BCUT2D eigenvalue weighted by atomic mass is 32.1. The van der Waals surface area contributed by atoms with E-state index < -0.39 is 0 Å². The first-order chi connectivity index (χ1) is 11.8. The summed E-state index contributed by atoms with van der Waals surface area (Å²) in [7, 11) is 0. The minimum absolute atomic E-state index is 0.0916. The van der Waals surface area contributed by atoms with Crippen molar-refractivity contribution in [3.05, 3.63) is 77.0 Å². The molecule has 120 valence electrons. The maximum atomic E-state index is 11.8. The van der Waals surface area contributed by atoms with Gasteiger partial charge >= 0.3 is 0 Å². The molecule has 1 aromatic heterocycles. The van der Waals surface area contributed by atoms with Crippen molar-refractivity contribution in [3.8, 4) is 16.9 Å². The Morgan fingerprint density at radius 2 is 1.83 bits per heavy atom. The molecule has 0 aliphatic carbocycles. The van der Waals surface area contributed by atoms with Gasteiger partial charge in [0.2, 0.25) is 0 Å². The fourth-order valence-corrected chi connectivity index (χ4v) is 2.74. The lowest BCUT2D eigenvalue weighted by Crippen LogP contribution is -2.24. The van der Waals surface area contributed by atoms with Gasteiger partial charge in [-0.05, 0) is 23.1 Å². The van der Waals surface area contributed by atoms with Gasteiger partial charge in [-0.25, -0.2) is 5.43 Å². The smallest absolute Gasteiger partial charge is 0.277 e. The number of ether oxygens (including phenoxy) is 1. The molecular weight excluding hydrogens is 320 g/mol. The molecule has 0 saturated heterocycles. The Bertz CT molecular complexity index is 814. The third kappa shape index (κ3) is 4.30. The first-order valence-electron chi connectivity index (χ1n) is 7.45. The van der Waals surface area contributed by atoms with Crippen LogP contribution in [0.3, 0.4) is 0 Å². The molecule has 3 aromatic rings. The number of nitrogens with zero attached hydrogens (tertiary/aromatic N) is 1. The number of hydrogen-bond acceptors (Lipinski definition) is 4. The molecule has 1 heterocycles. The van der Waals surface area contributed by atoms with Crippen LogP contribution >= 0.6 is 11.3 Å². The number of carbonyl (C=O) groups is 1. The molecule has 0 spiro atoms. The molecular formula is C19H16N2O2S. The standard InChI is InChI=1S/C19H16N2O2S/c22-19(21-20-13-16-9-6-12-24-16)14-23-18-11-5-4-10-17(18)15-7-2-1-3-8-15/h1-13H,14H2,(H,21,22). The van der Waals surface area contributed by atoms with Crippen molar-refractivity contribution in [2.24, 2.45) is 5.10 Å². The molecule has 4 nitrogen and oxygen atoms in total. The number of rotatable bonds is 6. The van der Waals surface area contributed by atoms with Gasteiger partial charge in [0, 0.05) is 10.4 Å². The summed E-state index contributed by atoms with van der Waals surface area (Å²) in [6.07, 6.45) is 1.61. The number of hydrazone groups is 1. The first kappa shape index (κ1) is 16.0. The van der Waals surface area contributed by atoms with Crippen molar-refractivity contribution in [1.82, 2.24) is 5.43 Å². The second-order valence-electron chi connectivity index (χ2n) is 4.96. The number of para-hydroxylation sites is 1. The van der Waals surface area contributed by atoms with Crippen LogP contribution in [0.4, 0.5) is 0 Å². The van der Waals surface area contributed by atoms with Gasteiger partial charge in [-0.2, -0.15) is 5.10 Å². The SMILES string of the molecule is O=C(COc1ccccc1-c1ccccc1)NN=Cc1cccs1. The monoisotopic (exact) mass is 336 g/mol. The minimum Gasteiger partial charge on any atom is -0.483 e. The molecule has 5 heteroatoms. The number of nitrogens with one attached hydrogen (secondary N) is 1. The van der Waals surface area contributed by atoms with Crippen molar-refractivity contribution < 1.29 is 9.53 Å². The van der Waals surface area contributed by atoms with Gasteiger partial charge < -0.3 is 4.74 Å². The van der Waals surface area contributed by atoms with Gasteiger partial charge in [0.05, 0.1) is 6.21 Å². The minimum atomic E-state index is -0.300. The average Bonchev–Trinajstić information content (AvgIpc) is 3.14. The highest BCUT2D eigenvalue weighted by Crippen LogP contribution is 2.29. The lowest BCUT2D eigenvalue weighted by molar-refractivity contribution is -0.123. The molecule has 0 aliphatic rings. The summed E-state index contributed by atoms with van der Waals surface area (Å²) >= 11 is 1.55. The zero-order chi connectivity index (χ0) is 16.6. The molecule has 2 aromatic carbocycles. The second kappa shape index (κ2) is 8.08. The zero-order valence-corrected chi connectivity index (χ0v) is 13.7. The molecule has 0 atom stereocenters. The van der Waals surface area contributed by atoms with E-state index in [4.69, 9.17) is 4.74 Å². The maximum Gasteiger partial charge on any atom is 0.277 e. The summed E-state index contributed by atoms with van der Waals surface area (Å²) in [5.41, 5.74) is 4.46.